The number of likely N-dealkylation sites (tertiary alicyclic amines) is 1. The van der Waals surface area contributed by atoms with E-state index in [2.05, 4.69) is 26.0 Å². The molecule has 2 heterocycles. The summed E-state index contributed by atoms with van der Waals surface area (Å²) in [4.78, 5) is 14.4. The number of hydrogen-bond acceptors (Lipinski definition) is 4. The molecule has 0 radical (unpaired) electrons. The van der Waals surface area contributed by atoms with Crippen LogP contribution in [0.1, 0.15) is 36.0 Å². The van der Waals surface area contributed by atoms with Crippen molar-refractivity contribution in [2.24, 2.45) is 0 Å². The number of nitrogens with zero attached hydrogens (tertiary/aromatic N) is 2. The van der Waals surface area contributed by atoms with E-state index in [1.807, 2.05) is 23.1 Å². The molecule has 6 nitrogen and oxygen atoms in total. The monoisotopic (exact) mass is 454 g/mol. The number of benzene rings is 2. The lowest BCUT2D eigenvalue weighted by atomic mass is 10.1. The van der Waals surface area contributed by atoms with Crippen LogP contribution in [0.25, 0.3) is 6.08 Å². The number of amides is 1. The molecule has 7 heteroatoms. The number of rotatable bonds is 5. The number of sulfonamides is 1. The highest BCUT2D eigenvalue weighted by Crippen LogP contribution is 2.25. The molecular weight excluding hydrogens is 424 g/mol. The number of ether oxygens (including phenoxy) is 1. The molecule has 2 aromatic rings. The van der Waals surface area contributed by atoms with E-state index in [0.29, 0.717) is 31.7 Å². The van der Waals surface area contributed by atoms with Crippen molar-refractivity contribution >= 4 is 27.7 Å². The van der Waals surface area contributed by atoms with Crippen molar-refractivity contribution in [3.05, 3.63) is 65.2 Å². The maximum Gasteiger partial charge on any atom is 0.246 e. The predicted octanol–water partition coefficient (Wildman–Crippen LogP) is 3.93. The van der Waals surface area contributed by atoms with E-state index in [9.17, 15) is 13.2 Å². The zero-order valence-electron chi connectivity index (χ0n) is 18.7. The molecule has 2 aliphatic heterocycles. The molecule has 0 spiro atoms. The van der Waals surface area contributed by atoms with E-state index in [1.54, 1.807) is 24.3 Å². The van der Waals surface area contributed by atoms with Gasteiger partial charge in [-0.15, -0.1) is 0 Å². The number of carbonyl (C=O) groups is 1. The molecule has 0 saturated carbocycles. The molecule has 2 saturated heterocycles. The van der Waals surface area contributed by atoms with Gasteiger partial charge in [0.2, 0.25) is 15.9 Å². The highest BCUT2D eigenvalue weighted by Gasteiger charge is 2.28. The Morgan fingerprint density at radius 1 is 1.00 bits per heavy atom. The van der Waals surface area contributed by atoms with Gasteiger partial charge in [0.05, 0.1) is 11.4 Å². The average Bonchev–Trinajstić information content (AvgIpc) is 3.14. The number of carbonyl (C=O) groups excluding carboxylic acids is 1. The second-order valence-electron chi connectivity index (χ2n) is 8.56. The number of anilines is 1. The van der Waals surface area contributed by atoms with Crippen LogP contribution in [0, 0.1) is 13.8 Å². The predicted molar refractivity (Wildman–Crippen MR) is 127 cm³/mol. The molecular formula is C25H30N2O4S. The first-order valence-corrected chi connectivity index (χ1v) is 12.7. The van der Waals surface area contributed by atoms with Crippen molar-refractivity contribution in [2.45, 2.75) is 39.2 Å². The molecule has 32 heavy (non-hydrogen) atoms. The maximum absolute atomic E-state index is 12.6. The molecule has 0 N–H and O–H groups in total. The van der Waals surface area contributed by atoms with Gasteiger partial charge in [0.25, 0.3) is 0 Å². The van der Waals surface area contributed by atoms with Crippen LogP contribution < -0.4 is 9.04 Å². The van der Waals surface area contributed by atoms with Crippen LogP contribution in [0.5, 0.6) is 5.75 Å². The molecule has 2 aromatic carbocycles. The minimum atomic E-state index is -3.18. The van der Waals surface area contributed by atoms with Crippen LogP contribution in [0.3, 0.4) is 0 Å². The summed E-state index contributed by atoms with van der Waals surface area (Å²) in [6, 6.07) is 13.4. The van der Waals surface area contributed by atoms with E-state index >= 15 is 0 Å². The van der Waals surface area contributed by atoms with Gasteiger partial charge in [-0.3, -0.25) is 9.10 Å². The Labute approximate surface area is 190 Å². The van der Waals surface area contributed by atoms with Crippen LogP contribution in [-0.4, -0.2) is 50.7 Å². The first-order valence-electron chi connectivity index (χ1n) is 11.1. The molecule has 2 fully saturated rings. The topological polar surface area (TPSA) is 66.9 Å². The normalized spacial score (nSPS) is 18.9. The summed E-state index contributed by atoms with van der Waals surface area (Å²) in [5.74, 6) is 1.08. The highest BCUT2D eigenvalue weighted by atomic mass is 32.2. The Kier molecular flexibility index (Phi) is 6.55. The SMILES string of the molecule is Cc1ccc(OC2CCN(C(=O)/C=C/c3ccc(N4CCCS4(=O)=O)cc3)CC2)cc1C. The zero-order chi connectivity index (χ0) is 22.7. The van der Waals surface area contributed by atoms with Gasteiger partial charge in [0.15, 0.2) is 0 Å². The number of piperidine rings is 1. The van der Waals surface area contributed by atoms with Crippen molar-refractivity contribution in [3.8, 4) is 5.75 Å². The van der Waals surface area contributed by atoms with Gasteiger partial charge in [-0.2, -0.15) is 0 Å². The third kappa shape index (κ3) is 5.15. The summed E-state index contributed by atoms with van der Waals surface area (Å²) in [5, 5.41) is 0. The van der Waals surface area contributed by atoms with Gasteiger partial charge in [-0.1, -0.05) is 18.2 Å². The third-order valence-electron chi connectivity index (χ3n) is 6.23. The molecule has 0 unspecified atom stereocenters. The molecule has 0 bridgehead atoms. The van der Waals surface area contributed by atoms with Crippen LogP contribution in [0.15, 0.2) is 48.5 Å². The fourth-order valence-electron chi connectivity index (χ4n) is 4.13. The van der Waals surface area contributed by atoms with Crippen LogP contribution in [0.4, 0.5) is 5.69 Å². The molecule has 1 amide bonds. The van der Waals surface area contributed by atoms with Crippen molar-refractivity contribution < 1.29 is 17.9 Å². The Bertz CT molecular complexity index is 1100. The van der Waals surface area contributed by atoms with Crippen molar-refractivity contribution in [1.29, 1.82) is 0 Å². The molecule has 2 aliphatic rings. The Morgan fingerprint density at radius 3 is 2.34 bits per heavy atom. The molecule has 0 atom stereocenters. The lowest BCUT2D eigenvalue weighted by Gasteiger charge is -2.31. The van der Waals surface area contributed by atoms with E-state index in [1.165, 1.54) is 15.4 Å². The van der Waals surface area contributed by atoms with E-state index in [-0.39, 0.29) is 17.8 Å². The Morgan fingerprint density at radius 2 is 1.72 bits per heavy atom. The summed E-state index contributed by atoms with van der Waals surface area (Å²) >= 11 is 0. The van der Waals surface area contributed by atoms with Gasteiger partial charge < -0.3 is 9.64 Å². The zero-order valence-corrected chi connectivity index (χ0v) is 19.5. The quantitative estimate of drug-likeness (QED) is 0.642. The molecule has 4 rings (SSSR count). The van der Waals surface area contributed by atoms with Gasteiger partial charge in [-0.25, -0.2) is 8.42 Å². The Hall–Kier alpha value is -2.80. The van der Waals surface area contributed by atoms with E-state index in [4.69, 9.17) is 4.74 Å². The Balaban J connectivity index is 1.28. The first kappa shape index (κ1) is 22.4. The smallest absolute Gasteiger partial charge is 0.246 e. The van der Waals surface area contributed by atoms with Gasteiger partial charge in [0.1, 0.15) is 11.9 Å². The lowest BCUT2D eigenvalue weighted by Crippen LogP contribution is -2.41. The summed E-state index contributed by atoms with van der Waals surface area (Å²) < 4.78 is 31.7. The standard InChI is InChI=1S/C25H30N2O4S/c1-19-4-10-24(18-20(19)2)31-23-12-15-26(16-13-23)25(28)11-7-21-5-8-22(9-6-21)27-14-3-17-32(27,29)30/h4-11,18,23H,3,12-17H2,1-2H3/b11-7+. The van der Waals surface area contributed by atoms with Crippen molar-refractivity contribution in [3.63, 3.8) is 0 Å². The summed E-state index contributed by atoms with van der Waals surface area (Å²) in [7, 11) is -3.18. The van der Waals surface area contributed by atoms with Crippen molar-refractivity contribution in [2.75, 3.05) is 29.7 Å². The first-order chi connectivity index (χ1) is 15.3. The maximum atomic E-state index is 12.6. The highest BCUT2D eigenvalue weighted by molar-refractivity contribution is 7.93. The average molecular weight is 455 g/mol. The molecule has 0 aliphatic carbocycles. The van der Waals surface area contributed by atoms with Gasteiger partial charge >= 0.3 is 0 Å². The molecule has 0 aromatic heterocycles. The number of hydrogen-bond donors (Lipinski definition) is 0. The van der Waals surface area contributed by atoms with Crippen LogP contribution >= 0.6 is 0 Å². The summed E-state index contributed by atoms with van der Waals surface area (Å²) in [6.07, 6.45) is 5.77. The minimum Gasteiger partial charge on any atom is -0.490 e. The number of aryl methyl sites for hydroxylation is 2. The second kappa shape index (κ2) is 9.36. The van der Waals surface area contributed by atoms with E-state index in [0.717, 1.165) is 24.2 Å². The minimum absolute atomic E-state index is 0.0131. The fourth-order valence-corrected chi connectivity index (χ4v) is 5.69. The third-order valence-corrected chi connectivity index (χ3v) is 8.10. The fraction of sp³-hybridized carbons (Fsp3) is 0.400. The van der Waals surface area contributed by atoms with Gasteiger partial charge in [0, 0.05) is 38.6 Å². The van der Waals surface area contributed by atoms with E-state index < -0.39 is 10.0 Å². The van der Waals surface area contributed by atoms with Crippen LogP contribution in [-0.2, 0) is 14.8 Å². The van der Waals surface area contributed by atoms with Gasteiger partial charge in [-0.05, 0) is 67.3 Å². The van der Waals surface area contributed by atoms with Crippen LogP contribution in [0.2, 0.25) is 0 Å². The lowest BCUT2D eigenvalue weighted by molar-refractivity contribution is -0.127. The largest absolute Gasteiger partial charge is 0.490 e. The second-order valence-corrected chi connectivity index (χ2v) is 10.6. The summed E-state index contributed by atoms with van der Waals surface area (Å²) in [6.45, 7) is 6.04. The van der Waals surface area contributed by atoms with Crippen molar-refractivity contribution in [1.82, 2.24) is 4.90 Å². The summed E-state index contributed by atoms with van der Waals surface area (Å²) in [5.41, 5.74) is 4.01. The molecule has 170 valence electrons.